The van der Waals surface area contributed by atoms with E-state index in [4.69, 9.17) is 4.74 Å². The van der Waals surface area contributed by atoms with E-state index in [0.717, 1.165) is 11.3 Å². The highest BCUT2D eigenvalue weighted by molar-refractivity contribution is 5.78. The second-order valence-corrected chi connectivity index (χ2v) is 5.01. The van der Waals surface area contributed by atoms with Crippen LogP contribution in [0.5, 0.6) is 5.75 Å². The molecule has 1 aliphatic heterocycles. The van der Waals surface area contributed by atoms with Gasteiger partial charge in [-0.05, 0) is 28.8 Å². The summed E-state index contributed by atoms with van der Waals surface area (Å²) in [7, 11) is 1.66. The number of rotatable bonds is 2. The minimum atomic E-state index is 0.0917. The minimum Gasteiger partial charge on any atom is -0.497 e. The van der Waals surface area contributed by atoms with Gasteiger partial charge in [-0.2, -0.15) is 0 Å². The number of nitrogens with one attached hydrogen (secondary N) is 1. The molecule has 20 heavy (non-hydrogen) atoms. The SMILES string of the molecule is COc1ccc2c(c1)CNC(=O)CC2c1ccccc1. The minimum absolute atomic E-state index is 0.0917. The summed E-state index contributed by atoms with van der Waals surface area (Å²) >= 11 is 0. The number of ether oxygens (including phenoxy) is 1. The number of fused-ring (bicyclic) bond motifs is 1. The summed E-state index contributed by atoms with van der Waals surface area (Å²) in [4.78, 5) is 11.9. The molecule has 0 spiro atoms. The van der Waals surface area contributed by atoms with Crippen LogP contribution in [0.15, 0.2) is 48.5 Å². The summed E-state index contributed by atoms with van der Waals surface area (Å²) in [5.74, 6) is 1.03. The topological polar surface area (TPSA) is 38.3 Å². The van der Waals surface area contributed by atoms with E-state index in [1.54, 1.807) is 7.11 Å². The van der Waals surface area contributed by atoms with Crippen LogP contribution in [0.4, 0.5) is 0 Å². The second-order valence-electron chi connectivity index (χ2n) is 5.01. The van der Waals surface area contributed by atoms with Gasteiger partial charge in [0.2, 0.25) is 5.91 Å². The van der Waals surface area contributed by atoms with Gasteiger partial charge in [-0.15, -0.1) is 0 Å². The van der Waals surface area contributed by atoms with E-state index in [2.05, 4.69) is 23.5 Å². The number of hydrogen-bond acceptors (Lipinski definition) is 2. The van der Waals surface area contributed by atoms with Crippen LogP contribution in [0, 0.1) is 0 Å². The molecule has 2 aromatic rings. The summed E-state index contributed by atoms with van der Waals surface area (Å²) < 4.78 is 5.28. The highest BCUT2D eigenvalue weighted by Crippen LogP contribution is 2.34. The molecule has 1 atom stereocenters. The fourth-order valence-electron chi connectivity index (χ4n) is 2.75. The van der Waals surface area contributed by atoms with Crippen molar-refractivity contribution in [2.24, 2.45) is 0 Å². The van der Waals surface area contributed by atoms with Crippen LogP contribution in [-0.2, 0) is 11.3 Å². The molecule has 3 rings (SSSR count). The van der Waals surface area contributed by atoms with Gasteiger partial charge in [-0.1, -0.05) is 36.4 Å². The molecule has 0 bridgehead atoms. The van der Waals surface area contributed by atoms with E-state index < -0.39 is 0 Å². The first-order chi connectivity index (χ1) is 9.78. The lowest BCUT2D eigenvalue weighted by Gasteiger charge is -2.17. The van der Waals surface area contributed by atoms with Crippen LogP contribution >= 0.6 is 0 Å². The summed E-state index contributed by atoms with van der Waals surface area (Å²) in [6, 6.07) is 16.2. The van der Waals surface area contributed by atoms with E-state index >= 15 is 0 Å². The maximum absolute atomic E-state index is 11.9. The third kappa shape index (κ3) is 2.39. The Hall–Kier alpha value is -2.29. The fourth-order valence-corrected chi connectivity index (χ4v) is 2.75. The Balaban J connectivity index is 2.08. The molecule has 1 unspecified atom stereocenters. The first kappa shape index (κ1) is 12.7. The standard InChI is InChI=1S/C17H17NO2/c1-20-14-7-8-15-13(9-14)11-18-17(19)10-16(15)12-5-3-2-4-6-12/h2-9,16H,10-11H2,1H3,(H,18,19). The van der Waals surface area contributed by atoms with Crippen LogP contribution < -0.4 is 10.1 Å². The Morgan fingerprint density at radius 1 is 1.15 bits per heavy atom. The number of carbonyl (C=O) groups excluding carboxylic acids is 1. The number of hydrogen-bond donors (Lipinski definition) is 1. The first-order valence-corrected chi connectivity index (χ1v) is 6.76. The molecule has 102 valence electrons. The quantitative estimate of drug-likeness (QED) is 0.908. The van der Waals surface area contributed by atoms with Crippen LogP contribution in [0.25, 0.3) is 0 Å². The fraction of sp³-hybridized carbons (Fsp3) is 0.235. The van der Waals surface area contributed by atoms with Gasteiger partial charge in [0.25, 0.3) is 0 Å². The summed E-state index contributed by atoms with van der Waals surface area (Å²) in [5, 5.41) is 2.96. The van der Waals surface area contributed by atoms with Crippen molar-refractivity contribution in [2.75, 3.05) is 7.11 Å². The Morgan fingerprint density at radius 2 is 1.95 bits per heavy atom. The number of amides is 1. The van der Waals surface area contributed by atoms with Gasteiger partial charge in [-0.25, -0.2) is 0 Å². The summed E-state index contributed by atoms with van der Waals surface area (Å²) in [5.41, 5.74) is 3.51. The third-order valence-corrected chi connectivity index (χ3v) is 3.79. The zero-order valence-corrected chi connectivity index (χ0v) is 11.4. The predicted molar refractivity (Wildman–Crippen MR) is 77.7 cm³/mol. The zero-order chi connectivity index (χ0) is 13.9. The molecule has 1 heterocycles. The van der Waals surface area contributed by atoms with Gasteiger partial charge in [0.1, 0.15) is 5.75 Å². The Morgan fingerprint density at radius 3 is 2.70 bits per heavy atom. The third-order valence-electron chi connectivity index (χ3n) is 3.79. The first-order valence-electron chi connectivity index (χ1n) is 6.76. The maximum Gasteiger partial charge on any atom is 0.221 e. The molecule has 3 heteroatoms. The van der Waals surface area contributed by atoms with Crippen molar-refractivity contribution in [1.82, 2.24) is 5.32 Å². The molecule has 0 radical (unpaired) electrons. The number of methoxy groups -OCH3 is 1. The molecule has 0 saturated heterocycles. The maximum atomic E-state index is 11.9. The van der Waals surface area contributed by atoms with Gasteiger partial charge < -0.3 is 10.1 Å². The highest BCUT2D eigenvalue weighted by atomic mass is 16.5. The summed E-state index contributed by atoms with van der Waals surface area (Å²) in [6.07, 6.45) is 0.489. The van der Waals surface area contributed by atoms with Crippen LogP contribution in [0.2, 0.25) is 0 Å². The van der Waals surface area contributed by atoms with Gasteiger partial charge in [0, 0.05) is 18.9 Å². The van der Waals surface area contributed by atoms with Crippen LogP contribution in [0.1, 0.15) is 29.0 Å². The summed E-state index contributed by atoms with van der Waals surface area (Å²) in [6.45, 7) is 0.564. The van der Waals surface area contributed by atoms with Gasteiger partial charge in [0.15, 0.2) is 0 Å². The van der Waals surface area contributed by atoms with Crippen molar-refractivity contribution >= 4 is 5.91 Å². The van der Waals surface area contributed by atoms with Crippen LogP contribution in [-0.4, -0.2) is 13.0 Å². The van der Waals surface area contributed by atoms with E-state index in [1.807, 2.05) is 30.3 Å². The Kier molecular flexibility index (Phi) is 3.42. The largest absolute Gasteiger partial charge is 0.497 e. The second kappa shape index (κ2) is 5.37. The molecule has 0 aromatic heterocycles. The molecule has 1 aliphatic rings. The van der Waals surface area contributed by atoms with E-state index in [0.29, 0.717) is 13.0 Å². The van der Waals surface area contributed by atoms with Gasteiger partial charge >= 0.3 is 0 Å². The number of benzene rings is 2. The number of carbonyl (C=O) groups is 1. The zero-order valence-electron chi connectivity index (χ0n) is 11.4. The monoisotopic (exact) mass is 267 g/mol. The lowest BCUT2D eigenvalue weighted by atomic mass is 9.86. The normalized spacial score (nSPS) is 17.9. The van der Waals surface area contributed by atoms with E-state index in [1.165, 1.54) is 11.1 Å². The highest BCUT2D eigenvalue weighted by Gasteiger charge is 2.24. The molecule has 1 N–H and O–H groups in total. The molecule has 3 nitrogen and oxygen atoms in total. The van der Waals surface area contributed by atoms with Crippen molar-refractivity contribution in [3.05, 3.63) is 65.2 Å². The average Bonchev–Trinajstić information content (AvgIpc) is 2.67. The van der Waals surface area contributed by atoms with Crippen molar-refractivity contribution in [3.8, 4) is 5.75 Å². The van der Waals surface area contributed by atoms with Crippen molar-refractivity contribution in [3.63, 3.8) is 0 Å². The molecule has 0 fully saturated rings. The molecule has 0 aliphatic carbocycles. The molecule has 2 aromatic carbocycles. The van der Waals surface area contributed by atoms with Crippen molar-refractivity contribution in [1.29, 1.82) is 0 Å². The Bertz CT molecular complexity index is 622. The van der Waals surface area contributed by atoms with Crippen molar-refractivity contribution in [2.45, 2.75) is 18.9 Å². The lowest BCUT2D eigenvalue weighted by molar-refractivity contribution is -0.121. The van der Waals surface area contributed by atoms with Gasteiger partial charge in [0.05, 0.1) is 7.11 Å². The predicted octanol–water partition coefficient (Wildman–Crippen LogP) is 2.85. The molecular weight excluding hydrogens is 250 g/mol. The average molecular weight is 267 g/mol. The van der Waals surface area contributed by atoms with Crippen LogP contribution in [0.3, 0.4) is 0 Å². The lowest BCUT2D eigenvalue weighted by Crippen LogP contribution is -2.21. The van der Waals surface area contributed by atoms with E-state index in [9.17, 15) is 4.79 Å². The molecule has 1 amide bonds. The Labute approximate surface area is 118 Å². The molecule has 0 saturated carbocycles. The smallest absolute Gasteiger partial charge is 0.221 e. The van der Waals surface area contributed by atoms with E-state index in [-0.39, 0.29) is 11.8 Å². The van der Waals surface area contributed by atoms with Crippen molar-refractivity contribution < 1.29 is 9.53 Å². The van der Waals surface area contributed by atoms with Gasteiger partial charge in [-0.3, -0.25) is 4.79 Å². The molecular formula is C17H17NO2.